The summed E-state index contributed by atoms with van der Waals surface area (Å²) in [5.41, 5.74) is 9.75. The highest BCUT2D eigenvalue weighted by Crippen LogP contribution is 2.09. The number of rotatable bonds is 2. The van der Waals surface area contributed by atoms with Crippen molar-refractivity contribution < 1.29 is 10.00 Å². The van der Waals surface area contributed by atoms with E-state index in [2.05, 4.69) is 4.79 Å². The molecular formula is C8H11N3O. The Balaban J connectivity index is 2.70. The average molecular weight is 165 g/mol. The Hall–Kier alpha value is -1.38. The fourth-order valence-corrected chi connectivity index (χ4v) is 0.975. The first-order valence-electron chi connectivity index (χ1n) is 3.83. The van der Waals surface area contributed by atoms with Crippen LogP contribution in [-0.2, 0) is 0 Å². The van der Waals surface area contributed by atoms with Crippen LogP contribution in [0.25, 0.3) is 5.53 Å². The molecule has 0 fully saturated rings. The lowest BCUT2D eigenvalue weighted by Crippen LogP contribution is -2.18. The zero-order valence-corrected chi connectivity index (χ0v) is 6.94. The predicted octanol–water partition coefficient (Wildman–Crippen LogP) is 1.21. The molecule has 0 aromatic heterocycles. The molecule has 0 aliphatic heterocycles. The van der Waals surface area contributed by atoms with Crippen LogP contribution in [0.5, 0.6) is 0 Å². The van der Waals surface area contributed by atoms with E-state index in [1.54, 1.807) is 18.2 Å². The standard InChI is InChI=1S/C8H11N3O/c1-2-11(12)8-5-3-7(10-9)4-6-8/h3,5-6,12H,2,4H2,1H3. The van der Waals surface area contributed by atoms with E-state index < -0.39 is 0 Å². The van der Waals surface area contributed by atoms with Gasteiger partial charge < -0.3 is 5.53 Å². The molecule has 0 atom stereocenters. The van der Waals surface area contributed by atoms with Gasteiger partial charge in [0.15, 0.2) is 0 Å². The SMILES string of the molecule is CCN(O)C1=CCC(=[N+]=[N-])C=C1. The van der Waals surface area contributed by atoms with Gasteiger partial charge in [-0.2, -0.15) is 4.79 Å². The Bertz CT molecular complexity index is 274. The van der Waals surface area contributed by atoms with Crippen molar-refractivity contribution >= 4 is 5.71 Å². The molecule has 1 aliphatic carbocycles. The van der Waals surface area contributed by atoms with Crippen LogP contribution >= 0.6 is 0 Å². The normalized spacial score (nSPS) is 15.5. The second-order valence-corrected chi connectivity index (χ2v) is 2.47. The molecule has 4 nitrogen and oxygen atoms in total. The number of hydrogen-bond donors (Lipinski definition) is 1. The highest BCUT2D eigenvalue weighted by Gasteiger charge is 2.10. The summed E-state index contributed by atoms with van der Waals surface area (Å²) in [4.78, 5) is 3.05. The quantitative estimate of drug-likeness (QED) is 0.380. The van der Waals surface area contributed by atoms with Crippen molar-refractivity contribution in [2.24, 2.45) is 0 Å². The first-order chi connectivity index (χ1) is 5.77. The Morgan fingerprint density at radius 2 is 2.42 bits per heavy atom. The highest BCUT2D eigenvalue weighted by atomic mass is 16.5. The summed E-state index contributed by atoms with van der Waals surface area (Å²) in [7, 11) is 0. The van der Waals surface area contributed by atoms with Crippen LogP contribution in [-0.4, -0.2) is 27.3 Å². The van der Waals surface area contributed by atoms with Crippen molar-refractivity contribution in [3.8, 4) is 0 Å². The van der Waals surface area contributed by atoms with Crippen molar-refractivity contribution in [3.05, 3.63) is 29.5 Å². The number of nitrogens with zero attached hydrogens (tertiary/aromatic N) is 3. The van der Waals surface area contributed by atoms with E-state index in [-0.39, 0.29) is 0 Å². The van der Waals surface area contributed by atoms with Gasteiger partial charge in [0.1, 0.15) is 0 Å². The van der Waals surface area contributed by atoms with Crippen LogP contribution in [0.2, 0.25) is 0 Å². The molecule has 12 heavy (non-hydrogen) atoms. The number of hydroxylamine groups is 2. The topological polar surface area (TPSA) is 59.9 Å². The molecular weight excluding hydrogens is 154 g/mol. The maximum Gasteiger partial charge on any atom is 0.295 e. The molecule has 0 heterocycles. The van der Waals surface area contributed by atoms with E-state index in [9.17, 15) is 5.21 Å². The van der Waals surface area contributed by atoms with Crippen LogP contribution in [0, 0.1) is 0 Å². The lowest BCUT2D eigenvalue weighted by Gasteiger charge is -2.16. The van der Waals surface area contributed by atoms with Gasteiger partial charge in [-0.05, 0) is 19.1 Å². The maximum absolute atomic E-state index is 9.25. The lowest BCUT2D eigenvalue weighted by molar-refractivity contribution is -0.0467. The van der Waals surface area contributed by atoms with Crippen LogP contribution in [0.1, 0.15) is 13.3 Å². The largest absolute Gasteiger partial charge is 0.361 e. The van der Waals surface area contributed by atoms with Crippen molar-refractivity contribution in [2.75, 3.05) is 6.54 Å². The van der Waals surface area contributed by atoms with Crippen LogP contribution in [0.4, 0.5) is 0 Å². The van der Waals surface area contributed by atoms with Gasteiger partial charge in [0.05, 0.1) is 12.1 Å². The monoisotopic (exact) mass is 165 g/mol. The highest BCUT2D eigenvalue weighted by molar-refractivity contribution is 5.92. The Morgan fingerprint density at radius 3 is 2.83 bits per heavy atom. The molecule has 0 aromatic carbocycles. The van der Waals surface area contributed by atoms with Gasteiger partial charge in [-0.3, -0.25) is 10.3 Å². The van der Waals surface area contributed by atoms with E-state index in [0.717, 1.165) is 10.8 Å². The number of allylic oxidation sites excluding steroid dienone is 3. The molecule has 4 heteroatoms. The van der Waals surface area contributed by atoms with Crippen molar-refractivity contribution in [1.82, 2.24) is 5.06 Å². The van der Waals surface area contributed by atoms with Gasteiger partial charge in [-0.25, -0.2) is 0 Å². The third-order valence-electron chi connectivity index (χ3n) is 1.69. The average Bonchev–Trinajstić information content (AvgIpc) is 2.17. The number of hydrogen-bond acceptors (Lipinski definition) is 2. The molecule has 1 aliphatic rings. The third kappa shape index (κ3) is 1.81. The van der Waals surface area contributed by atoms with Gasteiger partial charge in [0, 0.05) is 12.6 Å². The predicted molar refractivity (Wildman–Crippen MR) is 44.6 cm³/mol. The smallest absolute Gasteiger partial charge is 0.295 e. The zero-order valence-electron chi connectivity index (χ0n) is 6.94. The molecule has 1 N–H and O–H groups in total. The minimum absolute atomic E-state index is 0.543. The van der Waals surface area contributed by atoms with E-state index in [4.69, 9.17) is 5.53 Å². The summed E-state index contributed by atoms with van der Waals surface area (Å²) in [6.45, 7) is 2.39. The summed E-state index contributed by atoms with van der Waals surface area (Å²) in [6.07, 6.45) is 5.74. The minimum atomic E-state index is 0.543. The molecule has 0 bridgehead atoms. The summed E-state index contributed by atoms with van der Waals surface area (Å²) >= 11 is 0. The fourth-order valence-electron chi connectivity index (χ4n) is 0.975. The molecule has 1 rings (SSSR count). The van der Waals surface area contributed by atoms with Crippen molar-refractivity contribution in [2.45, 2.75) is 13.3 Å². The Morgan fingerprint density at radius 1 is 1.67 bits per heavy atom. The number of likely N-dealkylation sites (N-methyl/N-ethyl adjacent to an activating group) is 1. The summed E-state index contributed by atoms with van der Waals surface area (Å²) in [6, 6.07) is 0. The summed E-state index contributed by atoms with van der Waals surface area (Å²) < 4.78 is 0. The van der Waals surface area contributed by atoms with E-state index >= 15 is 0 Å². The van der Waals surface area contributed by atoms with Gasteiger partial charge >= 0.3 is 0 Å². The van der Waals surface area contributed by atoms with Crippen molar-refractivity contribution in [1.29, 1.82) is 0 Å². The molecule has 0 aromatic rings. The van der Waals surface area contributed by atoms with Gasteiger partial charge in [0.25, 0.3) is 5.71 Å². The van der Waals surface area contributed by atoms with Crippen LogP contribution < -0.4 is 0 Å². The van der Waals surface area contributed by atoms with E-state index in [0.29, 0.717) is 18.7 Å². The summed E-state index contributed by atoms with van der Waals surface area (Å²) in [5.74, 6) is 0. The molecule has 64 valence electrons. The first-order valence-corrected chi connectivity index (χ1v) is 3.83. The Kier molecular flexibility index (Phi) is 2.80. The summed E-state index contributed by atoms with van der Waals surface area (Å²) in [5, 5.41) is 10.4. The second kappa shape index (κ2) is 3.85. The zero-order chi connectivity index (χ0) is 8.97. The van der Waals surface area contributed by atoms with Crippen molar-refractivity contribution in [3.63, 3.8) is 0 Å². The van der Waals surface area contributed by atoms with Crippen LogP contribution in [0.15, 0.2) is 23.9 Å². The molecule has 0 spiro atoms. The molecule has 0 radical (unpaired) electrons. The molecule has 0 amide bonds. The third-order valence-corrected chi connectivity index (χ3v) is 1.69. The van der Waals surface area contributed by atoms with Gasteiger partial charge in [-0.15, -0.1) is 0 Å². The van der Waals surface area contributed by atoms with Crippen LogP contribution in [0.3, 0.4) is 0 Å². The molecule has 0 saturated heterocycles. The Labute approximate surface area is 71.0 Å². The molecule has 0 unspecified atom stereocenters. The van der Waals surface area contributed by atoms with E-state index in [1.165, 1.54) is 0 Å². The van der Waals surface area contributed by atoms with Gasteiger partial charge in [0.2, 0.25) is 0 Å². The molecule has 0 saturated carbocycles. The minimum Gasteiger partial charge on any atom is -0.361 e. The second-order valence-electron chi connectivity index (χ2n) is 2.47. The first kappa shape index (κ1) is 8.71. The fraction of sp³-hybridized carbons (Fsp3) is 0.375. The lowest BCUT2D eigenvalue weighted by atomic mass is 10.1. The maximum atomic E-state index is 9.25. The van der Waals surface area contributed by atoms with Gasteiger partial charge in [-0.1, -0.05) is 0 Å². The van der Waals surface area contributed by atoms with E-state index in [1.807, 2.05) is 6.92 Å².